The van der Waals surface area contributed by atoms with Crippen LogP contribution < -0.4 is 10.6 Å². The maximum absolute atomic E-state index is 12.5. The first kappa shape index (κ1) is 14.4. The van der Waals surface area contributed by atoms with Crippen molar-refractivity contribution in [3.63, 3.8) is 0 Å². The third-order valence-corrected chi connectivity index (χ3v) is 4.75. The van der Waals surface area contributed by atoms with E-state index in [1.807, 2.05) is 6.92 Å². The second kappa shape index (κ2) is 6.96. The monoisotopic (exact) mass is 278 g/mol. The van der Waals surface area contributed by atoms with E-state index in [4.69, 9.17) is 9.25 Å². The van der Waals surface area contributed by atoms with Crippen LogP contribution in [-0.2, 0) is 13.8 Å². The van der Waals surface area contributed by atoms with Gasteiger partial charge < -0.3 is 10.6 Å². The normalized spacial score (nSPS) is 24.3. The van der Waals surface area contributed by atoms with Gasteiger partial charge in [0.05, 0.1) is 6.16 Å². The molecule has 0 aromatic carbocycles. The summed E-state index contributed by atoms with van der Waals surface area (Å²) in [6.07, 6.45) is 0.390. The maximum atomic E-state index is 12.5. The average Bonchev–Trinajstić information content (AvgIpc) is 2.41. The summed E-state index contributed by atoms with van der Waals surface area (Å²) in [5.74, 6) is 0. The van der Waals surface area contributed by atoms with Gasteiger partial charge in [-0.05, 0) is 0 Å². The van der Waals surface area contributed by atoms with Gasteiger partial charge in [-0.25, -0.2) is 9.25 Å². The van der Waals surface area contributed by atoms with Crippen molar-refractivity contribution in [2.24, 2.45) is 0 Å². The highest BCUT2D eigenvalue weighted by Crippen LogP contribution is 2.49. The lowest BCUT2D eigenvalue weighted by Gasteiger charge is -2.33. The number of hydrogen-bond acceptors (Lipinski definition) is 7. The van der Waals surface area contributed by atoms with Gasteiger partial charge >= 0.3 is 7.60 Å². The zero-order valence-electron chi connectivity index (χ0n) is 10.9. The van der Waals surface area contributed by atoms with Gasteiger partial charge in [0.25, 0.3) is 0 Å². The molecule has 0 atom stereocenters. The second-order valence-electron chi connectivity index (χ2n) is 4.45. The van der Waals surface area contributed by atoms with Crippen molar-refractivity contribution in [3.8, 4) is 0 Å². The molecule has 7 nitrogen and oxygen atoms in total. The average molecular weight is 278 g/mol. The molecular formula is C10H23N4O3P. The van der Waals surface area contributed by atoms with Gasteiger partial charge in [0.15, 0.2) is 0 Å². The fraction of sp³-hybridized carbons (Fsp3) is 1.00. The minimum atomic E-state index is -3.04. The summed E-state index contributed by atoms with van der Waals surface area (Å²) in [5, 5.41) is 9.96. The Morgan fingerprint density at radius 2 is 1.33 bits per heavy atom. The number of hydroxylamine groups is 4. The lowest BCUT2D eigenvalue weighted by Crippen LogP contribution is -2.45. The fourth-order valence-corrected chi connectivity index (χ4v) is 3.23. The molecular weight excluding hydrogens is 255 g/mol. The Hall–Kier alpha value is -0.0100. The van der Waals surface area contributed by atoms with Gasteiger partial charge in [-0.1, -0.05) is 6.92 Å². The molecule has 18 heavy (non-hydrogen) atoms. The van der Waals surface area contributed by atoms with Crippen LogP contribution in [0.1, 0.15) is 6.92 Å². The Morgan fingerprint density at radius 1 is 0.944 bits per heavy atom. The topological polar surface area (TPSA) is 66.1 Å². The highest BCUT2D eigenvalue weighted by atomic mass is 31.2. The van der Waals surface area contributed by atoms with Crippen LogP contribution in [0.15, 0.2) is 0 Å². The SMILES string of the molecule is CCP(=O)(ON1CCNCC1)ON1CCNCC1. The summed E-state index contributed by atoms with van der Waals surface area (Å²) < 4.78 is 23.7. The molecule has 2 aliphatic rings. The predicted octanol–water partition coefficient (Wildman–Crippen LogP) is -0.127. The molecule has 0 saturated carbocycles. The first-order valence-corrected chi connectivity index (χ1v) is 8.34. The molecule has 0 aromatic rings. The highest BCUT2D eigenvalue weighted by Gasteiger charge is 2.30. The summed E-state index contributed by atoms with van der Waals surface area (Å²) in [6.45, 7) is 8.25. The molecule has 2 rings (SSSR count). The summed E-state index contributed by atoms with van der Waals surface area (Å²) in [7, 11) is -3.04. The third kappa shape index (κ3) is 4.28. The van der Waals surface area contributed by atoms with E-state index >= 15 is 0 Å². The minimum absolute atomic E-state index is 0.390. The number of nitrogens with one attached hydrogen (secondary N) is 2. The molecule has 0 amide bonds. The lowest BCUT2D eigenvalue weighted by molar-refractivity contribution is -0.129. The predicted molar refractivity (Wildman–Crippen MR) is 69.2 cm³/mol. The van der Waals surface area contributed by atoms with Crippen LogP contribution in [0, 0.1) is 0 Å². The number of piperazine rings is 2. The summed E-state index contributed by atoms with van der Waals surface area (Å²) in [4.78, 5) is 0. The summed E-state index contributed by atoms with van der Waals surface area (Å²) in [5.41, 5.74) is 0. The number of hydrogen-bond donors (Lipinski definition) is 2. The van der Waals surface area contributed by atoms with E-state index in [0.29, 0.717) is 6.16 Å². The van der Waals surface area contributed by atoms with E-state index in [9.17, 15) is 4.57 Å². The van der Waals surface area contributed by atoms with Crippen molar-refractivity contribution in [1.82, 2.24) is 20.8 Å². The van der Waals surface area contributed by atoms with Gasteiger partial charge in [-0.3, -0.25) is 4.57 Å². The van der Waals surface area contributed by atoms with E-state index in [2.05, 4.69) is 10.6 Å². The molecule has 0 aromatic heterocycles. The summed E-state index contributed by atoms with van der Waals surface area (Å²) in [6, 6.07) is 0. The molecule has 0 spiro atoms. The fourth-order valence-electron chi connectivity index (χ4n) is 1.93. The van der Waals surface area contributed by atoms with Crippen LogP contribution in [0.3, 0.4) is 0 Å². The van der Waals surface area contributed by atoms with Crippen LogP contribution in [-0.4, -0.2) is 68.6 Å². The molecule has 0 unspecified atom stereocenters. The Balaban J connectivity index is 1.85. The van der Waals surface area contributed by atoms with Gasteiger partial charge in [-0.2, -0.15) is 10.1 Å². The Morgan fingerprint density at radius 3 is 1.67 bits per heavy atom. The smallest absolute Gasteiger partial charge is 0.314 e. The van der Waals surface area contributed by atoms with Crippen LogP contribution in [0.4, 0.5) is 0 Å². The Bertz CT molecular complexity index is 269. The van der Waals surface area contributed by atoms with Crippen LogP contribution in [0.2, 0.25) is 0 Å². The molecule has 2 heterocycles. The summed E-state index contributed by atoms with van der Waals surface area (Å²) >= 11 is 0. The van der Waals surface area contributed by atoms with Crippen molar-refractivity contribution >= 4 is 7.60 Å². The third-order valence-electron chi connectivity index (χ3n) is 3.02. The lowest BCUT2D eigenvalue weighted by atomic mass is 10.4. The first-order chi connectivity index (χ1) is 8.72. The molecule has 2 saturated heterocycles. The van der Waals surface area contributed by atoms with Gasteiger partial charge in [-0.15, -0.1) is 0 Å². The molecule has 2 N–H and O–H groups in total. The van der Waals surface area contributed by atoms with Crippen LogP contribution >= 0.6 is 7.60 Å². The molecule has 8 heteroatoms. The molecule has 0 radical (unpaired) electrons. The molecule has 0 bridgehead atoms. The van der Waals surface area contributed by atoms with Gasteiger partial charge in [0.1, 0.15) is 0 Å². The minimum Gasteiger partial charge on any atom is -0.314 e. The maximum Gasteiger partial charge on any atom is 0.363 e. The standard InChI is InChI=1S/C10H23N4O3P/c1-2-18(15,16-13-7-3-11-4-8-13)17-14-9-5-12-6-10-14/h11-12H,2-10H2,1H3. The van der Waals surface area contributed by atoms with Crippen LogP contribution in [0.5, 0.6) is 0 Å². The van der Waals surface area contributed by atoms with Crippen molar-refractivity contribution in [2.75, 3.05) is 58.5 Å². The van der Waals surface area contributed by atoms with E-state index < -0.39 is 7.60 Å². The quantitative estimate of drug-likeness (QED) is 0.679. The van der Waals surface area contributed by atoms with Crippen molar-refractivity contribution < 1.29 is 13.8 Å². The zero-order chi connectivity index (χ0) is 12.8. The zero-order valence-corrected chi connectivity index (χ0v) is 11.8. The Labute approximate surface area is 108 Å². The highest BCUT2D eigenvalue weighted by molar-refractivity contribution is 7.53. The van der Waals surface area contributed by atoms with E-state index in [-0.39, 0.29) is 0 Å². The first-order valence-electron chi connectivity index (χ1n) is 6.62. The molecule has 2 fully saturated rings. The van der Waals surface area contributed by atoms with Crippen molar-refractivity contribution in [1.29, 1.82) is 0 Å². The van der Waals surface area contributed by atoms with Crippen molar-refractivity contribution in [3.05, 3.63) is 0 Å². The molecule has 2 aliphatic heterocycles. The molecule has 106 valence electrons. The largest absolute Gasteiger partial charge is 0.363 e. The van der Waals surface area contributed by atoms with E-state index in [0.717, 1.165) is 52.4 Å². The number of nitrogens with zero attached hydrogens (tertiary/aromatic N) is 2. The molecule has 0 aliphatic carbocycles. The van der Waals surface area contributed by atoms with E-state index in [1.54, 1.807) is 10.1 Å². The van der Waals surface area contributed by atoms with Crippen LogP contribution in [0.25, 0.3) is 0 Å². The van der Waals surface area contributed by atoms with E-state index in [1.165, 1.54) is 0 Å². The number of rotatable bonds is 5. The van der Waals surface area contributed by atoms with Gasteiger partial charge in [0, 0.05) is 52.4 Å². The van der Waals surface area contributed by atoms with Gasteiger partial charge in [0.2, 0.25) is 0 Å². The van der Waals surface area contributed by atoms with Crippen molar-refractivity contribution in [2.45, 2.75) is 6.92 Å². The Kier molecular flexibility index (Phi) is 5.56. The second-order valence-corrected chi connectivity index (χ2v) is 6.63.